The lowest BCUT2D eigenvalue weighted by Gasteiger charge is -2.38. The number of aryl methyl sites for hydroxylation is 2. The van der Waals surface area contributed by atoms with Crippen molar-refractivity contribution in [2.24, 2.45) is 0 Å². The maximum absolute atomic E-state index is 12.7. The molecule has 0 spiro atoms. The third-order valence-electron chi connectivity index (χ3n) is 4.47. The lowest BCUT2D eigenvalue weighted by Crippen LogP contribution is -2.53. The predicted octanol–water partition coefficient (Wildman–Crippen LogP) is 3.14. The van der Waals surface area contributed by atoms with Gasteiger partial charge in [-0.2, -0.15) is 0 Å². The number of carbonyl (C=O) groups is 1. The van der Waals surface area contributed by atoms with Crippen LogP contribution in [0, 0.1) is 13.8 Å². The van der Waals surface area contributed by atoms with Crippen LogP contribution in [-0.4, -0.2) is 41.1 Å². The van der Waals surface area contributed by atoms with Gasteiger partial charge in [0.2, 0.25) is 11.8 Å². The summed E-state index contributed by atoms with van der Waals surface area (Å²) in [5, 5.41) is 0. The van der Waals surface area contributed by atoms with Crippen LogP contribution in [0.1, 0.15) is 30.9 Å². The van der Waals surface area contributed by atoms with Crippen LogP contribution in [0.15, 0.2) is 28.7 Å². The van der Waals surface area contributed by atoms with Crippen LogP contribution in [0.5, 0.6) is 0 Å². The Morgan fingerprint density at radius 2 is 1.79 bits per heavy atom. The highest BCUT2D eigenvalue weighted by Crippen LogP contribution is 2.23. The van der Waals surface area contributed by atoms with E-state index in [4.69, 9.17) is 9.15 Å². The Bertz CT molecular complexity index is 711. The number of ether oxygens (including phenoxy) is 1. The largest absolute Gasteiger partial charge is 0.441 e. The van der Waals surface area contributed by atoms with Crippen molar-refractivity contribution in [1.29, 1.82) is 0 Å². The molecule has 1 saturated heterocycles. The van der Waals surface area contributed by atoms with Crippen LogP contribution in [-0.2, 0) is 16.0 Å². The Labute approximate surface area is 142 Å². The van der Waals surface area contributed by atoms with Crippen LogP contribution in [0.3, 0.4) is 0 Å². The van der Waals surface area contributed by atoms with E-state index < -0.39 is 0 Å². The van der Waals surface area contributed by atoms with Gasteiger partial charge in [0.15, 0.2) is 0 Å². The van der Waals surface area contributed by atoms with Crippen molar-refractivity contribution in [2.45, 2.75) is 46.2 Å². The fraction of sp³-hybridized carbons (Fsp3) is 0.474. The molecule has 5 heteroatoms. The normalized spacial score (nSPS) is 21.1. The fourth-order valence-corrected chi connectivity index (χ4v) is 3.14. The minimum absolute atomic E-state index is 0.0742. The quantitative estimate of drug-likeness (QED) is 0.868. The number of amides is 1. The van der Waals surface area contributed by atoms with Crippen LogP contribution < -0.4 is 0 Å². The van der Waals surface area contributed by atoms with Crippen molar-refractivity contribution >= 4 is 5.91 Å². The van der Waals surface area contributed by atoms with E-state index in [1.165, 1.54) is 5.56 Å². The van der Waals surface area contributed by atoms with E-state index in [2.05, 4.69) is 4.98 Å². The summed E-state index contributed by atoms with van der Waals surface area (Å²) in [5.74, 6) is 1.34. The average molecular weight is 328 g/mol. The summed E-state index contributed by atoms with van der Waals surface area (Å²) in [6.45, 7) is 9.10. The van der Waals surface area contributed by atoms with Gasteiger partial charge in [0.25, 0.3) is 0 Å². The first-order chi connectivity index (χ1) is 11.5. The number of hydrogen-bond acceptors (Lipinski definition) is 4. The van der Waals surface area contributed by atoms with E-state index in [9.17, 15) is 4.79 Å². The number of morpholine rings is 1. The topological polar surface area (TPSA) is 55.6 Å². The second-order valence-corrected chi connectivity index (χ2v) is 6.60. The van der Waals surface area contributed by atoms with Gasteiger partial charge in [-0.05, 0) is 39.8 Å². The number of nitrogens with zero attached hydrogens (tertiary/aromatic N) is 2. The number of rotatable bonds is 3. The Kier molecular flexibility index (Phi) is 4.71. The van der Waals surface area contributed by atoms with Gasteiger partial charge in [-0.25, -0.2) is 4.98 Å². The van der Waals surface area contributed by atoms with E-state index in [1.54, 1.807) is 0 Å². The zero-order chi connectivity index (χ0) is 17.3. The highest BCUT2D eigenvalue weighted by molar-refractivity contribution is 5.79. The smallest absolute Gasteiger partial charge is 0.229 e. The van der Waals surface area contributed by atoms with Crippen LogP contribution in [0.4, 0.5) is 0 Å². The molecule has 1 aromatic carbocycles. The summed E-state index contributed by atoms with van der Waals surface area (Å²) in [6.07, 6.45) is 0.260. The van der Waals surface area contributed by atoms with Gasteiger partial charge in [-0.15, -0.1) is 0 Å². The Morgan fingerprint density at radius 1 is 1.17 bits per heavy atom. The van der Waals surface area contributed by atoms with E-state index in [0.29, 0.717) is 30.6 Å². The number of carbonyl (C=O) groups excluding carboxylic acids is 1. The molecule has 0 saturated carbocycles. The van der Waals surface area contributed by atoms with Crippen LogP contribution in [0.25, 0.3) is 11.5 Å². The first-order valence-electron chi connectivity index (χ1n) is 8.38. The maximum Gasteiger partial charge on any atom is 0.229 e. The van der Waals surface area contributed by atoms with Crippen molar-refractivity contribution < 1.29 is 13.9 Å². The van der Waals surface area contributed by atoms with Crippen molar-refractivity contribution in [3.05, 3.63) is 41.3 Å². The molecule has 1 amide bonds. The second-order valence-electron chi connectivity index (χ2n) is 6.60. The summed E-state index contributed by atoms with van der Waals surface area (Å²) >= 11 is 0. The van der Waals surface area contributed by atoms with E-state index in [1.807, 2.05) is 56.9 Å². The Morgan fingerprint density at radius 3 is 2.42 bits per heavy atom. The molecule has 0 aliphatic carbocycles. The Balaban J connectivity index is 1.78. The standard InChI is InChI=1S/C19H24N2O3/c1-12-5-7-16(8-6-12)19-20-17(15(4)24-19)9-18(22)21-13(2)10-23-11-14(21)3/h5-8,13-14H,9-11H2,1-4H3. The molecule has 0 radical (unpaired) electrons. The predicted molar refractivity (Wildman–Crippen MR) is 91.7 cm³/mol. The average Bonchev–Trinajstić information content (AvgIpc) is 2.89. The molecule has 2 heterocycles. The van der Waals surface area contributed by atoms with Crippen molar-refractivity contribution in [3.63, 3.8) is 0 Å². The number of benzene rings is 1. The number of aromatic nitrogens is 1. The van der Waals surface area contributed by atoms with E-state index in [-0.39, 0.29) is 24.4 Å². The minimum atomic E-state index is 0.0742. The zero-order valence-electron chi connectivity index (χ0n) is 14.7. The van der Waals surface area contributed by atoms with Gasteiger partial charge in [-0.1, -0.05) is 17.7 Å². The van der Waals surface area contributed by atoms with Gasteiger partial charge in [0.05, 0.1) is 37.4 Å². The molecule has 2 atom stereocenters. The van der Waals surface area contributed by atoms with Gasteiger partial charge in [-0.3, -0.25) is 4.79 Å². The summed E-state index contributed by atoms with van der Waals surface area (Å²) in [5.41, 5.74) is 2.82. The molecule has 1 fully saturated rings. The third kappa shape index (κ3) is 3.36. The molecular weight excluding hydrogens is 304 g/mol. The first kappa shape index (κ1) is 16.7. The van der Waals surface area contributed by atoms with Crippen molar-refractivity contribution in [2.75, 3.05) is 13.2 Å². The van der Waals surface area contributed by atoms with Gasteiger partial charge in [0.1, 0.15) is 5.76 Å². The highest BCUT2D eigenvalue weighted by atomic mass is 16.5. The molecule has 2 aromatic rings. The molecule has 24 heavy (non-hydrogen) atoms. The maximum atomic E-state index is 12.7. The zero-order valence-corrected chi connectivity index (χ0v) is 14.7. The van der Waals surface area contributed by atoms with E-state index in [0.717, 1.165) is 5.56 Å². The Hall–Kier alpha value is -2.14. The molecule has 0 N–H and O–H groups in total. The number of oxazole rings is 1. The lowest BCUT2D eigenvalue weighted by atomic mass is 10.1. The van der Waals surface area contributed by atoms with Gasteiger partial charge in [0, 0.05) is 5.56 Å². The monoisotopic (exact) mass is 328 g/mol. The van der Waals surface area contributed by atoms with Gasteiger partial charge < -0.3 is 14.1 Å². The minimum Gasteiger partial charge on any atom is -0.441 e. The molecule has 1 aliphatic rings. The summed E-state index contributed by atoms with van der Waals surface area (Å²) < 4.78 is 11.3. The van der Waals surface area contributed by atoms with E-state index >= 15 is 0 Å². The molecule has 128 valence electrons. The molecule has 0 bridgehead atoms. The van der Waals surface area contributed by atoms with Crippen molar-refractivity contribution in [1.82, 2.24) is 9.88 Å². The summed E-state index contributed by atoms with van der Waals surface area (Å²) in [6, 6.07) is 8.19. The third-order valence-corrected chi connectivity index (χ3v) is 4.47. The fourth-order valence-electron chi connectivity index (χ4n) is 3.14. The molecule has 1 aliphatic heterocycles. The van der Waals surface area contributed by atoms with Gasteiger partial charge >= 0.3 is 0 Å². The lowest BCUT2D eigenvalue weighted by molar-refractivity contribution is -0.143. The second kappa shape index (κ2) is 6.77. The summed E-state index contributed by atoms with van der Waals surface area (Å²) in [4.78, 5) is 19.2. The molecular formula is C19H24N2O3. The molecule has 2 unspecified atom stereocenters. The number of hydrogen-bond donors (Lipinski definition) is 0. The van der Waals surface area contributed by atoms with Crippen LogP contribution >= 0.6 is 0 Å². The van der Waals surface area contributed by atoms with Crippen molar-refractivity contribution in [3.8, 4) is 11.5 Å². The first-order valence-corrected chi connectivity index (χ1v) is 8.38. The SMILES string of the molecule is Cc1ccc(-c2nc(CC(=O)N3C(C)COCC3C)c(C)o2)cc1. The molecule has 5 nitrogen and oxygen atoms in total. The molecule has 3 rings (SSSR count). The van der Waals surface area contributed by atoms with Crippen LogP contribution in [0.2, 0.25) is 0 Å². The summed E-state index contributed by atoms with van der Waals surface area (Å²) in [7, 11) is 0. The molecule has 1 aromatic heterocycles. The highest BCUT2D eigenvalue weighted by Gasteiger charge is 2.30.